The van der Waals surface area contributed by atoms with Crippen molar-refractivity contribution in [3.63, 3.8) is 0 Å². The van der Waals surface area contributed by atoms with Crippen molar-refractivity contribution in [3.8, 4) is 5.75 Å². The van der Waals surface area contributed by atoms with Gasteiger partial charge in [0.25, 0.3) is 0 Å². The molecule has 4 heteroatoms. The van der Waals surface area contributed by atoms with Crippen molar-refractivity contribution in [2.75, 3.05) is 6.61 Å². The SMILES string of the molecule is CCCOc1cncc(C(O)c2cccnc2C)c1. The summed E-state index contributed by atoms with van der Waals surface area (Å²) in [4.78, 5) is 8.29. The molecule has 100 valence electrons. The minimum atomic E-state index is -0.730. The lowest BCUT2D eigenvalue weighted by Crippen LogP contribution is -2.04. The van der Waals surface area contributed by atoms with Crippen LogP contribution < -0.4 is 4.74 Å². The largest absolute Gasteiger partial charge is 0.492 e. The second-order valence-corrected chi connectivity index (χ2v) is 4.38. The average Bonchev–Trinajstić information content (AvgIpc) is 2.45. The van der Waals surface area contributed by atoms with E-state index in [1.807, 2.05) is 32.0 Å². The van der Waals surface area contributed by atoms with Crippen LogP contribution in [0.15, 0.2) is 36.8 Å². The quantitative estimate of drug-likeness (QED) is 0.895. The number of rotatable bonds is 5. The van der Waals surface area contributed by atoms with Crippen LogP contribution in [0, 0.1) is 6.92 Å². The molecule has 1 atom stereocenters. The van der Waals surface area contributed by atoms with Crippen molar-refractivity contribution in [1.82, 2.24) is 9.97 Å². The van der Waals surface area contributed by atoms with Gasteiger partial charge in [-0.1, -0.05) is 13.0 Å². The average molecular weight is 258 g/mol. The Hall–Kier alpha value is -1.94. The highest BCUT2D eigenvalue weighted by Gasteiger charge is 2.14. The molecule has 19 heavy (non-hydrogen) atoms. The summed E-state index contributed by atoms with van der Waals surface area (Å²) in [7, 11) is 0. The second kappa shape index (κ2) is 6.29. The van der Waals surface area contributed by atoms with E-state index in [2.05, 4.69) is 9.97 Å². The van der Waals surface area contributed by atoms with Gasteiger partial charge in [-0.3, -0.25) is 9.97 Å². The van der Waals surface area contributed by atoms with Gasteiger partial charge in [-0.05, 0) is 25.5 Å². The Balaban J connectivity index is 2.24. The second-order valence-electron chi connectivity index (χ2n) is 4.38. The fourth-order valence-corrected chi connectivity index (χ4v) is 1.85. The normalized spacial score (nSPS) is 12.2. The lowest BCUT2D eigenvalue weighted by molar-refractivity contribution is 0.217. The van der Waals surface area contributed by atoms with Crippen molar-refractivity contribution in [2.24, 2.45) is 0 Å². The number of aryl methyl sites for hydroxylation is 1. The van der Waals surface area contributed by atoms with Gasteiger partial charge in [0.1, 0.15) is 11.9 Å². The van der Waals surface area contributed by atoms with E-state index in [9.17, 15) is 5.11 Å². The standard InChI is InChI=1S/C15H18N2O2/c1-3-7-19-13-8-12(9-16-10-13)15(18)14-5-4-6-17-11(14)2/h4-6,8-10,15,18H,3,7H2,1-2H3. The zero-order valence-corrected chi connectivity index (χ0v) is 11.2. The molecular formula is C15H18N2O2. The minimum absolute atomic E-state index is 0.646. The van der Waals surface area contributed by atoms with Crippen LogP contribution in [0.25, 0.3) is 0 Å². The Morgan fingerprint density at radius 2 is 2.21 bits per heavy atom. The van der Waals surface area contributed by atoms with E-state index >= 15 is 0 Å². The molecule has 0 aliphatic rings. The van der Waals surface area contributed by atoms with Gasteiger partial charge >= 0.3 is 0 Å². The Bertz CT molecular complexity index is 543. The maximum Gasteiger partial charge on any atom is 0.137 e. The van der Waals surface area contributed by atoms with Gasteiger partial charge in [-0.2, -0.15) is 0 Å². The number of aliphatic hydroxyl groups is 1. The van der Waals surface area contributed by atoms with Crippen LogP contribution in [0.2, 0.25) is 0 Å². The van der Waals surface area contributed by atoms with E-state index in [0.717, 1.165) is 17.7 Å². The van der Waals surface area contributed by atoms with Crippen molar-refractivity contribution >= 4 is 0 Å². The van der Waals surface area contributed by atoms with Crippen LogP contribution >= 0.6 is 0 Å². The first-order chi connectivity index (χ1) is 9.22. The van der Waals surface area contributed by atoms with E-state index in [1.54, 1.807) is 18.6 Å². The number of pyridine rings is 2. The molecule has 0 bridgehead atoms. The minimum Gasteiger partial charge on any atom is -0.492 e. The maximum atomic E-state index is 10.4. The topological polar surface area (TPSA) is 55.2 Å². The molecule has 0 amide bonds. The molecule has 0 aliphatic carbocycles. The van der Waals surface area contributed by atoms with E-state index < -0.39 is 6.10 Å². The molecule has 2 heterocycles. The van der Waals surface area contributed by atoms with Gasteiger partial charge in [0.15, 0.2) is 0 Å². The molecule has 0 spiro atoms. The smallest absolute Gasteiger partial charge is 0.137 e. The number of aliphatic hydroxyl groups excluding tert-OH is 1. The lowest BCUT2D eigenvalue weighted by Gasteiger charge is -2.14. The molecule has 2 aromatic heterocycles. The van der Waals surface area contributed by atoms with Gasteiger partial charge in [-0.25, -0.2) is 0 Å². The van der Waals surface area contributed by atoms with E-state index in [-0.39, 0.29) is 0 Å². The molecule has 0 saturated heterocycles. The number of aromatic nitrogens is 2. The fourth-order valence-electron chi connectivity index (χ4n) is 1.85. The van der Waals surface area contributed by atoms with E-state index in [1.165, 1.54) is 0 Å². The zero-order valence-electron chi connectivity index (χ0n) is 11.2. The summed E-state index contributed by atoms with van der Waals surface area (Å²) in [6, 6.07) is 5.50. The van der Waals surface area contributed by atoms with Gasteiger partial charge in [0, 0.05) is 29.2 Å². The van der Waals surface area contributed by atoms with Gasteiger partial charge in [-0.15, -0.1) is 0 Å². The molecule has 1 unspecified atom stereocenters. The Morgan fingerprint density at radius 3 is 2.95 bits per heavy atom. The van der Waals surface area contributed by atoms with Crippen molar-refractivity contribution in [3.05, 3.63) is 53.6 Å². The molecule has 0 aliphatic heterocycles. The van der Waals surface area contributed by atoms with Crippen LogP contribution in [0.5, 0.6) is 5.75 Å². The third kappa shape index (κ3) is 3.29. The highest BCUT2D eigenvalue weighted by atomic mass is 16.5. The summed E-state index contributed by atoms with van der Waals surface area (Å²) >= 11 is 0. The first-order valence-corrected chi connectivity index (χ1v) is 6.39. The Morgan fingerprint density at radius 1 is 1.37 bits per heavy atom. The van der Waals surface area contributed by atoms with E-state index in [0.29, 0.717) is 17.9 Å². The summed E-state index contributed by atoms with van der Waals surface area (Å²) in [5.41, 5.74) is 2.32. The summed E-state index contributed by atoms with van der Waals surface area (Å²) in [5.74, 6) is 0.681. The lowest BCUT2D eigenvalue weighted by atomic mass is 10.0. The van der Waals surface area contributed by atoms with Crippen LogP contribution in [0.4, 0.5) is 0 Å². The molecule has 1 N–H and O–H groups in total. The Labute approximate surface area is 113 Å². The van der Waals surface area contributed by atoms with Gasteiger partial charge in [0.2, 0.25) is 0 Å². The number of ether oxygens (including phenoxy) is 1. The highest BCUT2D eigenvalue weighted by Crippen LogP contribution is 2.25. The Kier molecular flexibility index (Phi) is 4.47. The molecule has 0 fully saturated rings. The van der Waals surface area contributed by atoms with Crippen molar-refractivity contribution < 1.29 is 9.84 Å². The van der Waals surface area contributed by atoms with E-state index in [4.69, 9.17) is 4.74 Å². The zero-order chi connectivity index (χ0) is 13.7. The molecule has 2 aromatic rings. The molecule has 0 radical (unpaired) electrons. The summed E-state index contributed by atoms with van der Waals surface area (Å²) in [6.45, 7) is 4.57. The highest BCUT2D eigenvalue weighted by molar-refractivity contribution is 5.33. The number of nitrogens with zero attached hydrogens (tertiary/aromatic N) is 2. The summed E-state index contributed by atoms with van der Waals surface area (Å²) in [5, 5.41) is 10.4. The molecule has 4 nitrogen and oxygen atoms in total. The molecule has 0 aromatic carbocycles. The predicted molar refractivity (Wildman–Crippen MR) is 73.1 cm³/mol. The van der Waals surface area contributed by atoms with Crippen LogP contribution in [-0.4, -0.2) is 21.7 Å². The number of hydrogen-bond donors (Lipinski definition) is 1. The maximum absolute atomic E-state index is 10.4. The summed E-state index contributed by atoms with van der Waals surface area (Å²) < 4.78 is 5.52. The first-order valence-electron chi connectivity index (χ1n) is 6.39. The number of hydrogen-bond acceptors (Lipinski definition) is 4. The molecular weight excluding hydrogens is 240 g/mol. The van der Waals surface area contributed by atoms with Crippen LogP contribution in [-0.2, 0) is 0 Å². The molecule has 0 saturated carbocycles. The van der Waals surface area contributed by atoms with Crippen molar-refractivity contribution in [2.45, 2.75) is 26.4 Å². The molecule has 2 rings (SSSR count). The third-order valence-corrected chi connectivity index (χ3v) is 2.87. The van der Waals surface area contributed by atoms with Gasteiger partial charge < -0.3 is 9.84 Å². The van der Waals surface area contributed by atoms with Crippen molar-refractivity contribution in [1.29, 1.82) is 0 Å². The van der Waals surface area contributed by atoms with Crippen LogP contribution in [0.1, 0.15) is 36.3 Å². The fraction of sp³-hybridized carbons (Fsp3) is 0.333. The van der Waals surface area contributed by atoms with Gasteiger partial charge in [0.05, 0.1) is 12.8 Å². The third-order valence-electron chi connectivity index (χ3n) is 2.87. The predicted octanol–water partition coefficient (Wildman–Crippen LogP) is 2.66. The monoisotopic (exact) mass is 258 g/mol. The van der Waals surface area contributed by atoms with Crippen LogP contribution in [0.3, 0.4) is 0 Å². The first kappa shape index (κ1) is 13.5. The summed E-state index contributed by atoms with van der Waals surface area (Å²) in [6.07, 6.45) is 5.23.